The van der Waals surface area contributed by atoms with Crippen LogP contribution in [0.4, 0.5) is 5.69 Å². The number of nitrogens with zero attached hydrogens (tertiary/aromatic N) is 1. The van der Waals surface area contributed by atoms with Gasteiger partial charge in [0.1, 0.15) is 0 Å². The van der Waals surface area contributed by atoms with Gasteiger partial charge in [0.2, 0.25) is 0 Å². The summed E-state index contributed by atoms with van der Waals surface area (Å²) in [5.41, 5.74) is 2.44. The molecule has 3 rings (SSSR count). The average molecular weight is 347 g/mol. The minimum absolute atomic E-state index is 0.122. The lowest BCUT2D eigenvalue weighted by Gasteiger charge is -2.09. The average Bonchev–Trinajstić information content (AvgIpc) is 2.68. The van der Waals surface area contributed by atoms with E-state index >= 15 is 0 Å². The maximum Gasteiger partial charge on any atom is 0.255 e. The van der Waals surface area contributed by atoms with Crippen LogP contribution in [0.5, 0.6) is 0 Å². The fraction of sp³-hybridized carbons (Fsp3) is 0.190. The van der Waals surface area contributed by atoms with E-state index in [1.165, 1.54) is 0 Å². The number of carbonyl (C=O) groups excluding carboxylic acids is 2. The molecular formula is C21H21N3O2. The molecule has 0 bridgehead atoms. The normalized spacial score (nSPS) is 10.5. The van der Waals surface area contributed by atoms with E-state index in [4.69, 9.17) is 0 Å². The van der Waals surface area contributed by atoms with Gasteiger partial charge in [0.05, 0.1) is 11.2 Å². The third-order valence-electron chi connectivity index (χ3n) is 4.11. The number of rotatable bonds is 6. The summed E-state index contributed by atoms with van der Waals surface area (Å²) < 4.78 is 0. The molecule has 2 N–H and O–H groups in total. The van der Waals surface area contributed by atoms with Gasteiger partial charge >= 0.3 is 0 Å². The predicted molar refractivity (Wildman–Crippen MR) is 103 cm³/mol. The number of hydrogen-bond acceptors (Lipinski definition) is 3. The highest BCUT2D eigenvalue weighted by atomic mass is 16.2. The summed E-state index contributed by atoms with van der Waals surface area (Å²) in [4.78, 5) is 28.9. The summed E-state index contributed by atoms with van der Waals surface area (Å²) in [5.74, 6) is -0.357. The van der Waals surface area contributed by atoms with E-state index < -0.39 is 0 Å². The summed E-state index contributed by atoms with van der Waals surface area (Å²) in [6, 6.07) is 16.1. The molecule has 0 spiro atoms. The molecule has 1 aromatic heterocycles. The van der Waals surface area contributed by atoms with E-state index in [0.717, 1.165) is 23.7 Å². The van der Waals surface area contributed by atoms with Crippen LogP contribution in [0.3, 0.4) is 0 Å². The molecule has 2 aromatic carbocycles. The maximum atomic E-state index is 12.5. The van der Waals surface area contributed by atoms with Crippen molar-refractivity contribution in [1.82, 2.24) is 10.3 Å². The number of unbranched alkanes of at least 4 members (excludes halogenated alkanes) is 1. The van der Waals surface area contributed by atoms with Gasteiger partial charge in [-0.05, 0) is 42.8 Å². The van der Waals surface area contributed by atoms with Crippen LogP contribution in [-0.4, -0.2) is 23.3 Å². The largest absolute Gasteiger partial charge is 0.352 e. The van der Waals surface area contributed by atoms with Crippen LogP contribution in [0.2, 0.25) is 0 Å². The molecule has 0 aliphatic carbocycles. The first-order valence-corrected chi connectivity index (χ1v) is 8.72. The van der Waals surface area contributed by atoms with Crippen molar-refractivity contribution in [2.24, 2.45) is 0 Å². The smallest absolute Gasteiger partial charge is 0.255 e. The maximum absolute atomic E-state index is 12.5. The molecule has 1 heterocycles. The highest BCUT2D eigenvalue weighted by Crippen LogP contribution is 2.21. The Bertz CT molecular complexity index is 915. The van der Waals surface area contributed by atoms with Gasteiger partial charge < -0.3 is 10.6 Å². The van der Waals surface area contributed by atoms with Crippen LogP contribution in [-0.2, 0) is 0 Å². The number of pyridine rings is 1. The number of aromatic nitrogens is 1. The van der Waals surface area contributed by atoms with Gasteiger partial charge in [0.25, 0.3) is 11.8 Å². The lowest BCUT2D eigenvalue weighted by molar-refractivity contribution is 0.0951. The van der Waals surface area contributed by atoms with Crippen molar-refractivity contribution in [3.05, 3.63) is 71.9 Å². The molecule has 0 fully saturated rings. The Morgan fingerprint density at radius 3 is 2.35 bits per heavy atom. The highest BCUT2D eigenvalue weighted by molar-refractivity contribution is 6.08. The molecule has 132 valence electrons. The Balaban J connectivity index is 1.71. The number of anilines is 1. The summed E-state index contributed by atoms with van der Waals surface area (Å²) in [6.07, 6.45) is 3.68. The molecule has 2 amide bonds. The minimum atomic E-state index is -0.235. The van der Waals surface area contributed by atoms with Crippen molar-refractivity contribution < 1.29 is 9.59 Å². The molecule has 0 saturated heterocycles. The van der Waals surface area contributed by atoms with Gasteiger partial charge in [0, 0.05) is 29.3 Å². The molecule has 26 heavy (non-hydrogen) atoms. The number of hydrogen-bond donors (Lipinski definition) is 2. The van der Waals surface area contributed by atoms with E-state index in [0.29, 0.717) is 23.4 Å². The molecule has 0 aliphatic rings. The third kappa shape index (κ3) is 4.06. The van der Waals surface area contributed by atoms with Crippen LogP contribution >= 0.6 is 0 Å². The van der Waals surface area contributed by atoms with Gasteiger partial charge in [-0.15, -0.1) is 0 Å². The third-order valence-corrected chi connectivity index (χ3v) is 4.11. The Hall–Kier alpha value is -3.21. The van der Waals surface area contributed by atoms with E-state index in [2.05, 4.69) is 22.5 Å². The minimum Gasteiger partial charge on any atom is -0.352 e. The zero-order valence-corrected chi connectivity index (χ0v) is 14.7. The van der Waals surface area contributed by atoms with E-state index in [-0.39, 0.29) is 11.8 Å². The second-order valence-corrected chi connectivity index (χ2v) is 6.02. The number of benzene rings is 2. The van der Waals surface area contributed by atoms with Crippen LogP contribution in [0.1, 0.15) is 40.5 Å². The second kappa shape index (κ2) is 8.25. The zero-order chi connectivity index (χ0) is 18.4. The SMILES string of the molecule is CCCCNC(=O)c1ccc(C(=O)Nc2cccc3cccnc23)cc1. The molecular weight excluding hydrogens is 326 g/mol. The molecule has 0 saturated carbocycles. The molecule has 0 radical (unpaired) electrons. The van der Waals surface area contributed by atoms with E-state index in [9.17, 15) is 9.59 Å². The summed E-state index contributed by atoms with van der Waals surface area (Å²) in [5, 5.41) is 6.71. The predicted octanol–water partition coefficient (Wildman–Crippen LogP) is 4.02. The Kier molecular flexibility index (Phi) is 5.59. The second-order valence-electron chi connectivity index (χ2n) is 6.02. The van der Waals surface area contributed by atoms with Crippen molar-refractivity contribution in [3.8, 4) is 0 Å². The first-order valence-electron chi connectivity index (χ1n) is 8.72. The Morgan fingerprint density at radius 2 is 1.62 bits per heavy atom. The molecule has 0 aliphatic heterocycles. The van der Waals surface area contributed by atoms with Gasteiger partial charge in [-0.3, -0.25) is 14.6 Å². The summed E-state index contributed by atoms with van der Waals surface area (Å²) in [7, 11) is 0. The molecule has 5 heteroatoms. The Labute approximate surface area is 152 Å². The first kappa shape index (κ1) is 17.6. The van der Waals surface area contributed by atoms with Gasteiger partial charge in [0.15, 0.2) is 0 Å². The first-order chi connectivity index (χ1) is 12.7. The van der Waals surface area contributed by atoms with Crippen molar-refractivity contribution in [1.29, 1.82) is 0 Å². The van der Waals surface area contributed by atoms with E-state index in [1.54, 1.807) is 30.5 Å². The van der Waals surface area contributed by atoms with Crippen LogP contribution < -0.4 is 10.6 Å². The molecule has 3 aromatic rings. The molecule has 0 atom stereocenters. The quantitative estimate of drug-likeness (QED) is 0.662. The number of amides is 2. The monoisotopic (exact) mass is 347 g/mol. The lowest BCUT2D eigenvalue weighted by Crippen LogP contribution is -2.24. The van der Waals surface area contributed by atoms with Crippen molar-refractivity contribution in [3.63, 3.8) is 0 Å². The summed E-state index contributed by atoms with van der Waals surface area (Å²) >= 11 is 0. The fourth-order valence-corrected chi connectivity index (χ4v) is 2.65. The van der Waals surface area contributed by atoms with Crippen molar-refractivity contribution >= 4 is 28.4 Å². The molecule has 0 unspecified atom stereocenters. The van der Waals surface area contributed by atoms with Crippen LogP contribution in [0.25, 0.3) is 10.9 Å². The number of carbonyl (C=O) groups is 2. The number of nitrogens with one attached hydrogen (secondary N) is 2. The topological polar surface area (TPSA) is 71.1 Å². The molecule has 5 nitrogen and oxygen atoms in total. The van der Waals surface area contributed by atoms with E-state index in [1.807, 2.05) is 30.3 Å². The number of para-hydroxylation sites is 1. The van der Waals surface area contributed by atoms with Crippen LogP contribution in [0.15, 0.2) is 60.8 Å². The van der Waals surface area contributed by atoms with Crippen LogP contribution in [0, 0.1) is 0 Å². The standard InChI is InChI=1S/C21H21N3O2/c1-2-3-13-23-20(25)16-9-11-17(12-10-16)21(26)24-18-8-4-6-15-7-5-14-22-19(15)18/h4-12,14H,2-3,13H2,1H3,(H,23,25)(H,24,26). The van der Waals surface area contributed by atoms with Crippen molar-refractivity contribution in [2.75, 3.05) is 11.9 Å². The number of fused-ring (bicyclic) bond motifs is 1. The zero-order valence-electron chi connectivity index (χ0n) is 14.7. The summed E-state index contributed by atoms with van der Waals surface area (Å²) in [6.45, 7) is 2.73. The Morgan fingerprint density at radius 1 is 0.923 bits per heavy atom. The van der Waals surface area contributed by atoms with Gasteiger partial charge in [-0.25, -0.2) is 0 Å². The van der Waals surface area contributed by atoms with Gasteiger partial charge in [-0.2, -0.15) is 0 Å². The lowest BCUT2D eigenvalue weighted by atomic mass is 10.1. The fourth-order valence-electron chi connectivity index (χ4n) is 2.65. The highest BCUT2D eigenvalue weighted by Gasteiger charge is 2.10. The van der Waals surface area contributed by atoms with Gasteiger partial charge in [-0.1, -0.05) is 31.5 Å². The van der Waals surface area contributed by atoms with Crippen molar-refractivity contribution in [2.45, 2.75) is 19.8 Å².